The summed E-state index contributed by atoms with van der Waals surface area (Å²) in [6.07, 6.45) is 6.02. The normalized spacial score (nSPS) is 10.5. The van der Waals surface area contributed by atoms with E-state index in [1.807, 2.05) is 31.2 Å². The second-order valence-corrected chi connectivity index (χ2v) is 6.00. The zero-order valence-electron chi connectivity index (χ0n) is 14.1. The van der Waals surface area contributed by atoms with Gasteiger partial charge in [0, 0.05) is 11.4 Å². The molecule has 0 aliphatic heterocycles. The van der Waals surface area contributed by atoms with Crippen molar-refractivity contribution in [3.8, 4) is 0 Å². The number of carbonyl (C=O) groups is 1. The highest BCUT2D eigenvalue weighted by Gasteiger charge is 2.11. The van der Waals surface area contributed by atoms with Crippen LogP contribution < -0.4 is 11.1 Å². The van der Waals surface area contributed by atoms with E-state index in [2.05, 4.69) is 24.4 Å². The van der Waals surface area contributed by atoms with Gasteiger partial charge in [0.15, 0.2) is 0 Å². The Hall–Kier alpha value is -2.29. The standard InChI is InChI=1S/C20H26N2O/c1-3-4-5-6-10-16-11-8-12-17(14-16)22-20(23)18-13-7-9-15(2)19(18)21/h7-9,11-14H,3-6,10,21H2,1-2H3,(H,22,23). The van der Waals surface area contributed by atoms with Crippen molar-refractivity contribution in [1.82, 2.24) is 0 Å². The topological polar surface area (TPSA) is 55.1 Å². The molecule has 0 unspecified atom stereocenters. The third kappa shape index (κ3) is 4.85. The molecule has 3 N–H and O–H groups in total. The van der Waals surface area contributed by atoms with Crippen molar-refractivity contribution in [2.75, 3.05) is 11.1 Å². The molecular formula is C20H26N2O. The van der Waals surface area contributed by atoms with E-state index in [0.717, 1.165) is 17.7 Å². The van der Waals surface area contributed by atoms with E-state index in [1.165, 1.54) is 31.2 Å². The summed E-state index contributed by atoms with van der Waals surface area (Å²) in [6.45, 7) is 4.12. The minimum atomic E-state index is -0.158. The lowest BCUT2D eigenvalue weighted by atomic mass is 10.1. The van der Waals surface area contributed by atoms with Gasteiger partial charge in [-0.15, -0.1) is 0 Å². The van der Waals surface area contributed by atoms with Gasteiger partial charge in [-0.05, 0) is 49.1 Å². The van der Waals surface area contributed by atoms with Crippen molar-refractivity contribution >= 4 is 17.3 Å². The molecule has 0 atom stereocenters. The van der Waals surface area contributed by atoms with E-state index < -0.39 is 0 Å². The molecule has 0 fully saturated rings. The summed E-state index contributed by atoms with van der Waals surface area (Å²) in [6, 6.07) is 13.6. The quantitative estimate of drug-likeness (QED) is 0.561. The first-order chi connectivity index (χ1) is 11.1. The fourth-order valence-electron chi connectivity index (χ4n) is 2.64. The number of para-hydroxylation sites is 1. The molecule has 2 rings (SSSR count). The third-order valence-corrected chi connectivity index (χ3v) is 4.07. The van der Waals surface area contributed by atoms with E-state index in [4.69, 9.17) is 5.73 Å². The summed E-state index contributed by atoms with van der Waals surface area (Å²) < 4.78 is 0. The van der Waals surface area contributed by atoms with Crippen molar-refractivity contribution in [2.45, 2.75) is 46.0 Å². The fourth-order valence-corrected chi connectivity index (χ4v) is 2.64. The van der Waals surface area contributed by atoms with Gasteiger partial charge in [0.25, 0.3) is 5.91 Å². The summed E-state index contributed by atoms with van der Waals surface area (Å²) in [7, 11) is 0. The maximum Gasteiger partial charge on any atom is 0.257 e. The molecule has 3 nitrogen and oxygen atoms in total. The van der Waals surface area contributed by atoms with Crippen LogP contribution in [0.15, 0.2) is 42.5 Å². The first-order valence-electron chi connectivity index (χ1n) is 8.37. The van der Waals surface area contributed by atoms with Crippen LogP contribution in [0, 0.1) is 6.92 Å². The van der Waals surface area contributed by atoms with E-state index in [0.29, 0.717) is 11.3 Å². The second kappa shape index (κ2) is 8.37. The minimum absolute atomic E-state index is 0.158. The molecule has 0 heterocycles. The summed E-state index contributed by atoms with van der Waals surface area (Å²) in [5, 5.41) is 2.95. The van der Waals surface area contributed by atoms with Crippen molar-refractivity contribution in [1.29, 1.82) is 0 Å². The lowest BCUT2D eigenvalue weighted by Gasteiger charge is -2.10. The van der Waals surface area contributed by atoms with Gasteiger partial charge in [-0.3, -0.25) is 4.79 Å². The van der Waals surface area contributed by atoms with Crippen molar-refractivity contribution in [3.63, 3.8) is 0 Å². The molecule has 0 aromatic heterocycles. The maximum absolute atomic E-state index is 12.4. The molecular weight excluding hydrogens is 284 g/mol. The van der Waals surface area contributed by atoms with Gasteiger partial charge in [0.1, 0.15) is 0 Å². The number of nitrogens with one attached hydrogen (secondary N) is 1. The first-order valence-corrected chi connectivity index (χ1v) is 8.37. The SMILES string of the molecule is CCCCCCc1cccc(NC(=O)c2cccc(C)c2N)c1. The summed E-state index contributed by atoms with van der Waals surface area (Å²) in [5.74, 6) is -0.158. The van der Waals surface area contributed by atoms with Crippen molar-refractivity contribution in [2.24, 2.45) is 0 Å². The molecule has 0 radical (unpaired) electrons. The van der Waals surface area contributed by atoms with Crippen LogP contribution in [0.5, 0.6) is 0 Å². The molecule has 2 aromatic rings. The van der Waals surface area contributed by atoms with Gasteiger partial charge in [-0.25, -0.2) is 0 Å². The molecule has 23 heavy (non-hydrogen) atoms. The number of amides is 1. The number of hydrogen-bond donors (Lipinski definition) is 2. The van der Waals surface area contributed by atoms with Gasteiger partial charge in [0.05, 0.1) is 5.56 Å². The molecule has 0 aliphatic carbocycles. The molecule has 3 heteroatoms. The van der Waals surface area contributed by atoms with Gasteiger partial charge < -0.3 is 11.1 Å². The number of hydrogen-bond acceptors (Lipinski definition) is 2. The van der Waals surface area contributed by atoms with Crippen LogP contribution in [0.25, 0.3) is 0 Å². The zero-order valence-corrected chi connectivity index (χ0v) is 14.1. The summed E-state index contributed by atoms with van der Waals surface area (Å²) >= 11 is 0. The highest BCUT2D eigenvalue weighted by molar-refractivity contribution is 6.08. The Balaban J connectivity index is 2.02. The number of carbonyl (C=O) groups excluding carboxylic acids is 1. The number of benzene rings is 2. The lowest BCUT2D eigenvalue weighted by Crippen LogP contribution is -2.14. The van der Waals surface area contributed by atoms with Crippen LogP contribution in [-0.4, -0.2) is 5.91 Å². The summed E-state index contributed by atoms with van der Waals surface area (Å²) in [5.41, 5.74) is 10.1. The Labute approximate surface area is 138 Å². The monoisotopic (exact) mass is 310 g/mol. The predicted octanol–water partition coefficient (Wildman–Crippen LogP) is 4.95. The Kier molecular flexibility index (Phi) is 6.21. The van der Waals surface area contributed by atoms with Gasteiger partial charge in [-0.1, -0.05) is 50.5 Å². The van der Waals surface area contributed by atoms with Crippen LogP contribution in [0.4, 0.5) is 11.4 Å². The van der Waals surface area contributed by atoms with E-state index >= 15 is 0 Å². The minimum Gasteiger partial charge on any atom is -0.398 e. The van der Waals surface area contributed by atoms with Gasteiger partial charge >= 0.3 is 0 Å². The zero-order chi connectivity index (χ0) is 16.7. The average molecular weight is 310 g/mol. The molecule has 0 saturated heterocycles. The molecule has 1 amide bonds. The first kappa shape index (κ1) is 17.1. The van der Waals surface area contributed by atoms with Crippen LogP contribution in [0.1, 0.15) is 54.1 Å². The van der Waals surface area contributed by atoms with E-state index in [1.54, 1.807) is 6.07 Å². The number of anilines is 2. The summed E-state index contributed by atoms with van der Waals surface area (Å²) in [4.78, 5) is 12.4. The van der Waals surface area contributed by atoms with Gasteiger partial charge in [0.2, 0.25) is 0 Å². The van der Waals surface area contributed by atoms with E-state index in [9.17, 15) is 4.79 Å². The van der Waals surface area contributed by atoms with Crippen LogP contribution in [0.3, 0.4) is 0 Å². The smallest absolute Gasteiger partial charge is 0.257 e. The van der Waals surface area contributed by atoms with Crippen LogP contribution >= 0.6 is 0 Å². The van der Waals surface area contributed by atoms with Crippen molar-refractivity contribution < 1.29 is 4.79 Å². The maximum atomic E-state index is 12.4. The van der Waals surface area contributed by atoms with Crippen LogP contribution in [-0.2, 0) is 6.42 Å². The molecule has 0 aliphatic rings. The molecule has 0 spiro atoms. The Morgan fingerprint density at radius 2 is 1.87 bits per heavy atom. The highest BCUT2D eigenvalue weighted by Crippen LogP contribution is 2.19. The Morgan fingerprint density at radius 1 is 1.09 bits per heavy atom. The molecule has 122 valence electrons. The molecule has 0 bridgehead atoms. The number of unbranched alkanes of at least 4 members (excludes halogenated alkanes) is 3. The number of nitrogen functional groups attached to an aromatic ring is 1. The second-order valence-electron chi connectivity index (χ2n) is 6.00. The Morgan fingerprint density at radius 3 is 2.65 bits per heavy atom. The predicted molar refractivity (Wildman–Crippen MR) is 97.8 cm³/mol. The fraction of sp³-hybridized carbons (Fsp3) is 0.350. The lowest BCUT2D eigenvalue weighted by molar-refractivity contribution is 0.102. The third-order valence-electron chi connectivity index (χ3n) is 4.07. The van der Waals surface area contributed by atoms with E-state index in [-0.39, 0.29) is 5.91 Å². The highest BCUT2D eigenvalue weighted by atomic mass is 16.1. The largest absolute Gasteiger partial charge is 0.398 e. The number of nitrogens with two attached hydrogens (primary N) is 1. The van der Waals surface area contributed by atoms with Crippen molar-refractivity contribution in [3.05, 3.63) is 59.2 Å². The van der Waals surface area contributed by atoms with Crippen LogP contribution in [0.2, 0.25) is 0 Å². The molecule has 0 saturated carbocycles. The average Bonchev–Trinajstić information content (AvgIpc) is 2.54. The number of aryl methyl sites for hydroxylation is 2. The molecule has 2 aromatic carbocycles. The number of rotatable bonds is 7. The Bertz CT molecular complexity index is 664. The van der Waals surface area contributed by atoms with Gasteiger partial charge in [-0.2, -0.15) is 0 Å².